The van der Waals surface area contributed by atoms with Crippen molar-refractivity contribution in [3.05, 3.63) is 108 Å². The molecule has 0 unspecified atom stereocenters. The van der Waals surface area contributed by atoms with Gasteiger partial charge in [-0.05, 0) is 82.6 Å². The van der Waals surface area contributed by atoms with Crippen molar-refractivity contribution < 1.29 is 0 Å². The zero-order valence-electron chi connectivity index (χ0n) is 22.0. The van der Waals surface area contributed by atoms with Crippen molar-refractivity contribution in [2.75, 3.05) is 4.90 Å². The Morgan fingerprint density at radius 1 is 0.500 bits per heavy atom. The molecule has 5 rings (SSSR count). The quantitative estimate of drug-likeness (QED) is 0.262. The highest BCUT2D eigenvalue weighted by Crippen LogP contribution is 2.37. The second-order valence-electron chi connectivity index (χ2n) is 11.4. The first kappa shape index (κ1) is 23.8. The third kappa shape index (κ3) is 4.76. The number of rotatable bonds is 4. The van der Waals surface area contributed by atoms with E-state index in [2.05, 4.69) is 129 Å². The zero-order chi connectivity index (χ0) is 25.5. The molecule has 5 aromatic rings. The van der Waals surface area contributed by atoms with E-state index in [-0.39, 0.29) is 10.8 Å². The van der Waals surface area contributed by atoms with E-state index in [0.717, 1.165) is 33.8 Å². The van der Waals surface area contributed by atoms with E-state index in [1.165, 1.54) is 11.1 Å². The van der Waals surface area contributed by atoms with Crippen LogP contribution < -0.4 is 4.90 Å². The molecule has 0 bridgehead atoms. The molecule has 0 atom stereocenters. The van der Waals surface area contributed by atoms with Crippen LogP contribution in [-0.4, -0.2) is 15.0 Å². The van der Waals surface area contributed by atoms with Gasteiger partial charge in [0.15, 0.2) is 0 Å². The van der Waals surface area contributed by atoms with Gasteiger partial charge in [0.25, 0.3) is 0 Å². The lowest BCUT2D eigenvalue weighted by Gasteiger charge is -2.28. The minimum absolute atomic E-state index is 0.111. The lowest BCUT2D eigenvalue weighted by atomic mass is 9.86. The molecular formula is C32H34N4. The predicted molar refractivity (Wildman–Crippen MR) is 151 cm³/mol. The van der Waals surface area contributed by atoms with Crippen molar-refractivity contribution in [1.29, 1.82) is 0 Å². The standard InChI is InChI=1S/C32H34N4/c1-31(2,3)23-11-15-25(16-12-23)35(26-17-13-24(14-18-26)32(4,5)6)27-19-21-28(22-20-27)36-33-29-9-7-8-10-30(29)34-36/h7-22H,1-6H3. The third-order valence-electron chi connectivity index (χ3n) is 6.61. The summed E-state index contributed by atoms with van der Waals surface area (Å²) in [5.74, 6) is 0. The van der Waals surface area contributed by atoms with Gasteiger partial charge in [-0.2, -0.15) is 4.80 Å². The summed E-state index contributed by atoms with van der Waals surface area (Å²) < 4.78 is 0. The molecule has 1 heterocycles. The third-order valence-corrected chi connectivity index (χ3v) is 6.61. The van der Waals surface area contributed by atoms with E-state index in [1.54, 1.807) is 4.80 Å². The van der Waals surface area contributed by atoms with E-state index < -0.39 is 0 Å². The van der Waals surface area contributed by atoms with Crippen LogP contribution in [0.1, 0.15) is 52.7 Å². The van der Waals surface area contributed by atoms with E-state index in [1.807, 2.05) is 24.3 Å². The zero-order valence-corrected chi connectivity index (χ0v) is 22.0. The fourth-order valence-corrected chi connectivity index (χ4v) is 4.38. The van der Waals surface area contributed by atoms with Crippen molar-refractivity contribution in [1.82, 2.24) is 15.0 Å². The van der Waals surface area contributed by atoms with E-state index in [9.17, 15) is 0 Å². The number of anilines is 3. The first-order chi connectivity index (χ1) is 17.1. The van der Waals surface area contributed by atoms with Crippen LogP contribution in [0.5, 0.6) is 0 Å². The molecule has 0 N–H and O–H groups in total. The minimum atomic E-state index is 0.111. The van der Waals surface area contributed by atoms with Crippen LogP contribution in [0.3, 0.4) is 0 Å². The normalized spacial score (nSPS) is 12.2. The molecule has 0 saturated heterocycles. The Morgan fingerprint density at radius 3 is 1.22 bits per heavy atom. The maximum atomic E-state index is 4.63. The molecule has 0 amide bonds. The molecule has 0 fully saturated rings. The molecule has 36 heavy (non-hydrogen) atoms. The lowest BCUT2D eigenvalue weighted by molar-refractivity contribution is 0.590. The molecule has 4 nitrogen and oxygen atoms in total. The smallest absolute Gasteiger partial charge is 0.113 e. The van der Waals surface area contributed by atoms with Crippen molar-refractivity contribution in [2.24, 2.45) is 0 Å². The molecule has 4 aromatic carbocycles. The topological polar surface area (TPSA) is 34.0 Å². The summed E-state index contributed by atoms with van der Waals surface area (Å²) in [6.07, 6.45) is 0. The Morgan fingerprint density at radius 2 is 0.861 bits per heavy atom. The van der Waals surface area contributed by atoms with Gasteiger partial charge < -0.3 is 4.90 Å². The van der Waals surface area contributed by atoms with E-state index in [4.69, 9.17) is 0 Å². The summed E-state index contributed by atoms with van der Waals surface area (Å²) in [4.78, 5) is 4.00. The number of hydrogen-bond donors (Lipinski definition) is 0. The number of fused-ring (bicyclic) bond motifs is 1. The van der Waals surface area contributed by atoms with Crippen molar-refractivity contribution in [3.63, 3.8) is 0 Å². The predicted octanol–water partition coefficient (Wildman–Crippen LogP) is 8.49. The molecule has 1 aromatic heterocycles. The summed E-state index contributed by atoms with van der Waals surface area (Å²) >= 11 is 0. The number of hydrogen-bond acceptors (Lipinski definition) is 3. The Balaban J connectivity index is 1.54. The second-order valence-corrected chi connectivity index (χ2v) is 11.4. The highest BCUT2D eigenvalue weighted by Gasteiger charge is 2.18. The Hall–Kier alpha value is -3.92. The van der Waals surface area contributed by atoms with Gasteiger partial charge in [-0.3, -0.25) is 0 Å². The molecule has 0 spiro atoms. The Labute approximate surface area is 214 Å². The summed E-state index contributed by atoms with van der Waals surface area (Å²) in [6.45, 7) is 13.5. The molecule has 0 aliphatic rings. The molecule has 182 valence electrons. The van der Waals surface area contributed by atoms with E-state index in [0.29, 0.717) is 0 Å². The van der Waals surface area contributed by atoms with Crippen LogP contribution in [0, 0.1) is 0 Å². The number of benzene rings is 4. The van der Waals surface area contributed by atoms with Crippen LogP contribution >= 0.6 is 0 Å². The highest BCUT2D eigenvalue weighted by atomic mass is 15.5. The molecule has 0 aliphatic carbocycles. The maximum Gasteiger partial charge on any atom is 0.113 e. The van der Waals surface area contributed by atoms with E-state index >= 15 is 0 Å². The Kier molecular flexibility index (Phi) is 5.91. The van der Waals surface area contributed by atoms with Crippen molar-refractivity contribution >= 4 is 28.1 Å². The number of aromatic nitrogens is 3. The van der Waals surface area contributed by atoms with Crippen LogP contribution in [0.15, 0.2) is 97.1 Å². The second kappa shape index (κ2) is 8.94. The summed E-state index contributed by atoms with van der Waals surface area (Å²) in [7, 11) is 0. The summed E-state index contributed by atoms with van der Waals surface area (Å²) in [5, 5.41) is 9.26. The first-order valence-corrected chi connectivity index (χ1v) is 12.5. The van der Waals surface area contributed by atoms with Gasteiger partial charge in [0, 0.05) is 17.1 Å². The number of nitrogens with zero attached hydrogens (tertiary/aromatic N) is 4. The lowest BCUT2D eigenvalue weighted by Crippen LogP contribution is -2.14. The van der Waals surface area contributed by atoms with Gasteiger partial charge in [0.2, 0.25) is 0 Å². The molecule has 0 aliphatic heterocycles. The van der Waals surface area contributed by atoms with Gasteiger partial charge in [0.1, 0.15) is 11.0 Å². The summed E-state index contributed by atoms with van der Waals surface area (Å²) in [5.41, 5.74) is 8.91. The average molecular weight is 475 g/mol. The van der Waals surface area contributed by atoms with Gasteiger partial charge in [-0.15, -0.1) is 10.2 Å². The van der Waals surface area contributed by atoms with Crippen molar-refractivity contribution in [3.8, 4) is 5.69 Å². The summed E-state index contributed by atoms with van der Waals surface area (Å²) in [6, 6.07) is 34.2. The maximum absolute atomic E-state index is 4.63. The largest absolute Gasteiger partial charge is 0.311 e. The SMILES string of the molecule is CC(C)(C)c1ccc(N(c2ccc(-n3nc4ccccc4n3)cc2)c2ccc(C(C)(C)C)cc2)cc1. The van der Waals surface area contributed by atoms with Crippen LogP contribution in [0.4, 0.5) is 17.1 Å². The average Bonchev–Trinajstić information content (AvgIpc) is 3.29. The molecule has 0 radical (unpaired) electrons. The highest BCUT2D eigenvalue weighted by molar-refractivity contribution is 5.77. The molecule has 4 heteroatoms. The molecular weight excluding hydrogens is 440 g/mol. The minimum Gasteiger partial charge on any atom is -0.311 e. The van der Waals surface area contributed by atoms with Crippen LogP contribution in [0.25, 0.3) is 16.7 Å². The fraction of sp³-hybridized carbons (Fsp3) is 0.250. The first-order valence-electron chi connectivity index (χ1n) is 12.5. The Bertz CT molecular complexity index is 1370. The van der Waals surface area contributed by atoms with Gasteiger partial charge >= 0.3 is 0 Å². The van der Waals surface area contributed by atoms with Crippen LogP contribution in [0.2, 0.25) is 0 Å². The van der Waals surface area contributed by atoms with Gasteiger partial charge in [0.05, 0.1) is 5.69 Å². The van der Waals surface area contributed by atoms with Crippen molar-refractivity contribution in [2.45, 2.75) is 52.4 Å². The fourth-order valence-electron chi connectivity index (χ4n) is 4.38. The van der Waals surface area contributed by atoms with Crippen LogP contribution in [-0.2, 0) is 10.8 Å². The van der Waals surface area contributed by atoms with Gasteiger partial charge in [-0.25, -0.2) is 0 Å². The molecule has 0 saturated carbocycles. The monoisotopic (exact) mass is 474 g/mol. The van der Waals surface area contributed by atoms with Gasteiger partial charge in [-0.1, -0.05) is 77.9 Å².